The third kappa shape index (κ3) is 5.59. The highest BCUT2D eigenvalue weighted by Gasteiger charge is 2.43. The lowest BCUT2D eigenvalue weighted by molar-refractivity contribution is -0.145. The predicted octanol–water partition coefficient (Wildman–Crippen LogP) is 5.27. The Balaban J connectivity index is 2.05. The third-order valence-electron chi connectivity index (χ3n) is 3.75. The fraction of sp³-hybridized carbons (Fsp3) is 0.455. The first kappa shape index (κ1) is 14.6. The lowest BCUT2D eigenvalue weighted by Crippen LogP contribution is -2.45. The first-order chi connectivity index (χ1) is 16.8. The predicted molar refractivity (Wildman–Crippen MR) is 109 cm³/mol. The molecular weight excluding hydrogens is 416 g/mol. The summed E-state index contributed by atoms with van der Waals surface area (Å²) in [5, 5.41) is -0.211. The van der Waals surface area contributed by atoms with Crippen LogP contribution in [0.15, 0.2) is 36.5 Å². The van der Waals surface area contributed by atoms with Gasteiger partial charge in [-0.15, -0.1) is 0 Å². The molecule has 1 aromatic heterocycles. The van der Waals surface area contributed by atoms with Crippen LogP contribution < -0.4 is 14.2 Å². The highest BCUT2D eigenvalue weighted by molar-refractivity contribution is 6.31. The van der Waals surface area contributed by atoms with Crippen LogP contribution in [0.25, 0.3) is 0 Å². The smallest absolute Gasteiger partial charge is 0.317 e. The Kier molecular flexibility index (Phi) is 4.66. The molecule has 1 aliphatic rings. The van der Waals surface area contributed by atoms with Crippen molar-refractivity contribution in [3.8, 4) is 17.4 Å². The van der Waals surface area contributed by atoms with Crippen molar-refractivity contribution in [2.45, 2.75) is 58.0 Å². The Hall–Kier alpha value is -2.41. The third-order valence-corrected chi connectivity index (χ3v) is 4.02. The van der Waals surface area contributed by atoms with E-state index in [4.69, 9.17) is 35.4 Å². The Morgan fingerprint density at radius 1 is 1.27 bits per heavy atom. The molecule has 0 spiro atoms. The summed E-state index contributed by atoms with van der Waals surface area (Å²) in [6.07, 6.45) is -19.7. The Morgan fingerprint density at radius 3 is 2.60 bits per heavy atom. The zero-order valence-corrected chi connectivity index (χ0v) is 17.1. The summed E-state index contributed by atoms with van der Waals surface area (Å²) >= 11 is 6.03. The molecule has 30 heavy (non-hydrogen) atoms. The van der Waals surface area contributed by atoms with Gasteiger partial charge >= 0.3 is 5.97 Å². The summed E-state index contributed by atoms with van der Waals surface area (Å²) in [7, 11) is 0. The van der Waals surface area contributed by atoms with E-state index in [0.29, 0.717) is 0 Å². The lowest BCUT2D eigenvalue weighted by Gasteiger charge is -2.33. The van der Waals surface area contributed by atoms with E-state index in [0.717, 1.165) is 17.8 Å². The monoisotopic (exact) mass is 446 g/mol. The molecule has 0 radical (unpaired) electrons. The van der Waals surface area contributed by atoms with E-state index < -0.39 is 48.8 Å². The molecular formula is C22H24ClF2NO4. The van der Waals surface area contributed by atoms with Gasteiger partial charge in [0, 0.05) is 17.9 Å². The molecule has 5 unspecified atom stereocenters. The van der Waals surface area contributed by atoms with Crippen molar-refractivity contribution in [3.63, 3.8) is 0 Å². The number of nitrogens with zero attached hydrogens (tertiary/aromatic N) is 1. The number of esters is 1. The number of alkyl halides is 2. The van der Waals surface area contributed by atoms with Crippen LogP contribution in [0.2, 0.25) is 5.02 Å². The standard InChI is InChI=1S/C22H24ClF2NO4/c1-12(2)28-21-17(23)8-15(11-26-21)29-20-10-18(24)16(9-19(20)25)22(27)30-14-6-4-13(3)5-7-14/h4-8,11-12,16,18-20H,9-10H2,1-3H3/i9D,10D2,16D,18D,19D,20D. The second-order valence-corrected chi connectivity index (χ2v) is 7.01. The van der Waals surface area contributed by atoms with Crippen LogP contribution in [-0.2, 0) is 4.79 Å². The van der Waals surface area contributed by atoms with Gasteiger partial charge in [0.15, 0.2) is 0 Å². The number of hydrogen-bond donors (Lipinski definition) is 0. The minimum absolute atomic E-state index is 0.0881. The molecule has 0 N–H and O–H groups in total. The number of benzene rings is 1. The summed E-state index contributed by atoms with van der Waals surface area (Å²) in [5.41, 5.74) is 0.747. The second-order valence-electron chi connectivity index (χ2n) is 6.60. The van der Waals surface area contributed by atoms with Crippen molar-refractivity contribution in [3.05, 3.63) is 47.1 Å². The maximum absolute atomic E-state index is 16.0. The molecule has 8 heteroatoms. The van der Waals surface area contributed by atoms with Gasteiger partial charge in [-0.1, -0.05) is 29.3 Å². The van der Waals surface area contributed by atoms with Gasteiger partial charge in [0.1, 0.15) is 34.9 Å². The molecule has 3 rings (SSSR count). The van der Waals surface area contributed by atoms with Gasteiger partial charge in [-0.25, -0.2) is 13.8 Å². The number of aromatic nitrogens is 1. The van der Waals surface area contributed by atoms with Crippen LogP contribution >= 0.6 is 11.6 Å². The highest BCUT2D eigenvalue weighted by atomic mass is 35.5. The molecule has 0 bridgehead atoms. The molecule has 2 aromatic rings. The minimum Gasteiger partial charge on any atom is -0.486 e. The van der Waals surface area contributed by atoms with Crippen LogP contribution in [0.4, 0.5) is 8.78 Å². The number of carbonyl (C=O) groups is 1. The van der Waals surface area contributed by atoms with E-state index in [9.17, 15) is 4.79 Å². The summed E-state index contributed by atoms with van der Waals surface area (Å²) in [4.78, 5) is 16.7. The largest absolute Gasteiger partial charge is 0.486 e. The number of halogens is 3. The molecule has 1 saturated carbocycles. The number of aryl methyl sites for hydroxylation is 1. The van der Waals surface area contributed by atoms with Crippen LogP contribution in [0, 0.1) is 12.8 Å². The summed E-state index contributed by atoms with van der Waals surface area (Å²) in [6, 6.07) is 6.42. The molecule has 0 aliphatic heterocycles. The number of ether oxygens (including phenoxy) is 3. The Morgan fingerprint density at radius 2 is 1.97 bits per heavy atom. The number of pyridine rings is 1. The van der Waals surface area contributed by atoms with Crippen LogP contribution in [-0.4, -0.2) is 35.4 Å². The van der Waals surface area contributed by atoms with Crippen LogP contribution in [0.5, 0.6) is 17.4 Å². The molecule has 1 aromatic carbocycles. The van der Waals surface area contributed by atoms with Gasteiger partial charge in [-0.3, -0.25) is 4.79 Å². The molecule has 1 aliphatic carbocycles. The van der Waals surface area contributed by atoms with Gasteiger partial charge < -0.3 is 14.2 Å². The fourth-order valence-corrected chi connectivity index (χ4v) is 2.57. The van der Waals surface area contributed by atoms with Crippen molar-refractivity contribution in [2.75, 3.05) is 0 Å². The van der Waals surface area contributed by atoms with Gasteiger partial charge in [-0.05, 0) is 39.3 Å². The zero-order valence-electron chi connectivity index (χ0n) is 23.3. The van der Waals surface area contributed by atoms with E-state index in [2.05, 4.69) is 4.98 Å². The summed E-state index contributed by atoms with van der Waals surface area (Å²) in [6.45, 7) is 5.06. The maximum atomic E-state index is 16.0. The molecule has 1 heterocycles. The maximum Gasteiger partial charge on any atom is 0.317 e. The summed E-state index contributed by atoms with van der Waals surface area (Å²) in [5.74, 6) is -6.89. The van der Waals surface area contributed by atoms with Gasteiger partial charge in [0.25, 0.3) is 0 Å². The zero-order chi connectivity index (χ0) is 28.2. The Labute approximate surface area is 189 Å². The van der Waals surface area contributed by atoms with E-state index in [1.54, 1.807) is 20.8 Å². The Bertz CT molecular complexity index is 1190. The second kappa shape index (κ2) is 9.60. The first-order valence-corrected chi connectivity index (χ1v) is 9.31. The van der Waals surface area contributed by atoms with Gasteiger partial charge in [-0.2, -0.15) is 0 Å². The molecule has 0 saturated heterocycles. The topological polar surface area (TPSA) is 57.7 Å². The molecule has 1 fully saturated rings. The average molecular weight is 447 g/mol. The van der Waals surface area contributed by atoms with Gasteiger partial charge in [0.2, 0.25) is 5.88 Å². The molecule has 5 atom stereocenters. The van der Waals surface area contributed by atoms with E-state index in [1.807, 2.05) is 0 Å². The molecule has 162 valence electrons. The highest BCUT2D eigenvalue weighted by Crippen LogP contribution is 2.35. The van der Waals surface area contributed by atoms with Crippen molar-refractivity contribution in [2.24, 2.45) is 5.89 Å². The van der Waals surface area contributed by atoms with Crippen LogP contribution in [0.3, 0.4) is 0 Å². The fourth-order valence-electron chi connectivity index (χ4n) is 2.36. The lowest BCUT2D eigenvalue weighted by atomic mass is 9.84. The molecule has 0 amide bonds. The van der Waals surface area contributed by atoms with Gasteiger partial charge in [0.05, 0.1) is 22.3 Å². The SMILES string of the molecule is [2H]C1C([2H])(F)C([2H])(Oc2cnc(OC(C)C)c(Cl)c2)C([2H])([2H])C([2H])(F)C1([2H])C(=O)Oc1ccc(C)cc1. The van der Waals surface area contributed by atoms with Crippen molar-refractivity contribution < 1.29 is 37.4 Å². The van der Waals surface area contributed by atoms with Crippen molar-refractivity contribution in [1.29, 1.82) is 0 Å². The van der Waals surface area contributed by atoms with E-state index in [1.165, 1.54) is 24.3 Å². The van der Waals surface area contributed by atoms with Crippen molar-refractivity contribution >= 4 is 17.6 Å². The first-order valence-electron chi connectivity index (χ1n) is 12.5. The number of hydrogen-bond acceptors (Lipinski definition) is 5. The van der Waals surface area contributed by atoms with Crippen molar-refractivity contribution in [1.82, 2.24) is 4.98 Å². The summed E-state index contributed by atoms with van der Waals surface area (Å²) < 4.78 is 104. The number of rotatable bonds is 6. The quantitative estimate of drug-likeness (QED) is 0.447. The average Bonchev–Trinajstić information content (AvgIpc) is 2.79. The molecule has 5 nitrogen and oxygen atoms in total. The van der Waals surface area contributed by atoms with E-state index >= 15 is 8.78 Å². The minimum atomic E-state index is -4.51. The normalized spacial score (nSPS) is 41.2. The van der Waals surface area contributed by atoms with E-state index in [-0.39, 0.29) is 22.8 Å². The number of carbonyl (C=O) groups excluding carboxylic acids is 1. The van der Waals surface area contributed by atoms with Crippen LogP contribution in [0.1, 0.15) is 41.8 Å².